The molecule has 0 aliphatic carbocycles. The van der Waals surface area contributed by atoms with Crippen LogP contribution in [0.1, 0.15) is 20.3 Å². The minimum absolute atomic E-state index is 0.0532. The fraction of sp³-hybridized carbons (Fsp3) is 0.778. The average molecular weight is 254 g/mol. The molecule has 1 aliphatic heterocycles. The Hall–Kier alpha value is -1.31. The van der Waals surface area contributed by atoms with Gasteiger partial charge in [-0.3, -0.25) is 0 Å². The minimum Gasteiger partial charge on any atom is -0.451 e. The number of methoxy groups -OCH3 is 1. The van der Waals surface area contributed by atoms with Crippen LogP contribution in [0.3, 0.4) is 0 Å². The first-order chi connectivity index (χ1) is 7.63. The van der Waals surface area contributed by atoms with Gasteiger partial charge in [0.15, 0.2) is 0 Å². The van der Waals surface area contributed by atoms with E-state index in [1.54, 1.807) is 13.8 Å². The predicted octanol–water partition coefficient (Wildman–Crippen LogP) is 1.72. The quantitative estimate of drug-likeness (QED) is 0.775. The molecule has 5 nitrogen and oxygen atoms in total. The number of ether oxygens (including phenoxy) is 1. The molecule has 0 saturated heterocycles. The highest BCUT2D eigenvalue weighted by Gasteiger charge is 2.63. The van der Waals surface area contributed by atoms with E-state index < -0.39 is 24.4 Å². The van der Waals surface area contributed by atoms with Gasteiger partial charge in [-0.05, 0) is 5.92 Å². The number of rotatable bonds is 1. The number of hydrogen-bond donors (Lipinski definition) is 1. The van der Waals surface area contributed by atoms with Crippen LogP contribution in [-0.4, -0.2) is 40.9 Å². The Morgan fingerprint density at radius 1 is 1.59 bits per heavy atom. The van der Waals surface area contributed by atoms with Crippen molar-refractivity contribution >= 4 is 11.8 Å². The van der Waals surface area contributed by atoms with Gasteiger partial charge in [-0.1, -0.05) is 13.8 Å². The van der Waals surface area contributed by atoms with Gasteiger partial charge < -0.3 is 9.84 Å². The van der Waals surface area contributed by atoms with E-state index in [0.717, 1.165) is 7.11 Å². The highest BCUT2D eigenvalue weighted by Crippen LogP contribution is 2.41. The molecule has 98 valence electrons. The normalized spacial score (nSPS) is 25.2. The van der Waals surface area contributed by atoms with Crippen LogP contribution in [-0.2, 0) is 4.74 Å². The first kappa shape index (κ1) is 13.8. The van der Waals surface area contributed by atoms with E-state index in [1.807, 2.05) is 0 Å². The number of hydrogen-bond acceptors (Lipinski definition) is 4. The molecule has 0 aromatic heterocycles. The Morgan fingerprint density at radius 3 is 2.47 bits per heavy atom. The third-order valence-electron chi connectivity index (χ3n) is 2.47. The molecule has 1 amide bonds. The first-order valence-electron chi connectivity index (χ1n) is 4.88. The summed E-state index contributed by atoms with van der Waals surface area (Å²) in [5, 5.41) is 13.0. The van der Waals surface area contributed by atoms with Crippen LogP contribution in [0.2, 0.25) is 0 Å². The fourth-order valence-corrected chi connectivity index (χ4v) is 1.39. The number of halogens is 3. The number of hydrazone groups is 1. The zero-order valence-electron chi connectivity index (χ0n) is 9.58. The number of carbonyl (C=O) groups excluding carboxylic acids is 1. The minimum atomic E-state index is -5.00. The van der Waals surface area contributed by atoms with E-state index in [2.05, 4.69) is 9.84 Å². The fourth-order valence-electron chi connectivity index (χ4n) is 1.39. The summed E-state index contributed by atoms with van der Waals surface area (Å²) >= 11 is 0. The molecule has 1 rings (SSSR count). The lowest BCUT2D eigenvalue weighted by atomic mass is 9.99. The highest BCUT2D eigenvalue weighted by atomic mass is 19.4. The summed E-state index contributed by atoms with van der Waals surface area (Å²) in [7, 11) is 0.919. The zero-order valence-corrected chi connectivity index (χ0v) is 9.58. The Bertz CT molecular complexity index is 354. The van der Waals surface area contributed by atoms with Gasteiger partial charge in [-0.15, -0.1) is 0 Å². The van der Waals surface area contributed by atoms with E-state index >= 15 is 0 Å². The second-order valence-corrected chi connectivity index (χ2v) is 4.02. The molecule has 0 aromatic carbocycles. The van der Waals surface area contributed by atoms with Crippen molar-refractivity contribution in [3.63, 3.8) is 0 Å². The van der Waals surface area contributed by atoms with Crippen molar-refractivity contribution < 1.29 is 27.8 Å². The predicted molar refractivity (Wildman–Crippen MR) is 52.1 cm³/mol. The number of aliphatic hydroxyl groups is 1. The molecule has 1 N–H and O–H groups in total. The Kier molecular flexibility index (Phi) is 3.37. The van der Waals surface area contributed by atoms with Gasteiger partial charge in [-0.2, -0.15) is 23.3 Å². The van der Waals surface area contributed by atoms with Crippen molar-refractivity contribution in [3.8, 4) is 0 Å². The standard InChI is InChI=1S/C9H13F3N2O3/c1-5(2)6-4-8(16,9(10,11)12)14(13-6)7(15)17-3/h5,16H,4H2,1-3H3/t8-/m0/s1. The number of nitrogens with zero attached hydrogens (tertiary/aromatic N) is 2. The second kappa shape index (κ2) is 4.17. The molecule has 1 atom stereocenters. The maximum atomic E-state index is 12.8. The molecule has 0 saturated carbocycles. The summed E-state index contributed by atoms with van der Waals surface area (Å²) in [5.41, 5.74) is -3.23. The molecule has 0 radical (unpaired) electrons. The maximum absolute atomic E-state index is 12.8. The monoisotopic (exact) mass is 254 g/mol. The Balaban J connectivity index is 3.13. The Labute approximate surface area is 95.8 Å². The van der Waals surface area contributed by atoms with Crippen molar-refractivity contribution in [2.75, 3.05) is 7.11 Å². The van der Waals surface area contributed by atoms with Crippen molar-refractivity contribution in [1.29, 1.82) is 0 Å². The summed E-state index contributed by atoms with van der Waals surface area (Å²) in [6, 6.07) is 0. The third-order valence-corrected chi connectivity index (χ3v) is 2.47. The van der Waals surface area contributed by atoms with Crippen LogP contribution in [0.5, 0.6) is 0 Å². The van der Waals surface area contributed by atoms with Crippen LogP contribution in [0, 0.1) is 5.92 Å². The molecule has 17 heavy (non-hydrogen) atoms. The van der Waals surface area contributed by atoms with E-state index in [4.69, 9.17) is 0 Å². The lowest BCUT2D eigenvalue weighted by molar-refractivity contribution is -0.299. The molecular formula is C9H13F3N2O3. The zero-order chi connectivity index (χ0) is 13.4. The molecule has 0 aromatic rings. The highest BCUT2D eigenvalue weighted by molar-refractivity contribution is 5.90. The van der Waals surface area contributed by atoms with Gasteiger partial charge in [0.25, 0.3) is 5.72 Å². The van der Waals surface area contributed by atoms with Crippen LogP contribution in [0.4, 0.5) is 18.0 Å². The first-order valence-corrected chi connectivity index (χ1v) is 4.88. The van der Waals surface area contributed by atoms with Gasteiger partial charge in [-0.25, -0.2) is 4.79 Å². The summed E-state index contributed by atoms with van der Waals surface area (Å²) in [5.74, 6) is -0.307. The van der Waals surface area contributed by atoms with Crippen LogP contribution in [0.25, 0.3) is 0 Å². The van der Waals surface area contributed by atoms with Crippen LogP contribution < -0.4 is 0 Å². The topological polar surface area (TPSA) is 62.1 Å². The Morgan fingerprint density at radius 2 is 2.12 bits per heavy atom. The van der Waals surface area contributed by atoms with Crippen LogP contribution >= 0.6 is 0 Å². The van der Waals surface area contributed by atoms with Crippen molar-refractivity contribution in [2.24, 2.45) is 11.0 Å². The molecular weight excluding hydrogens is 241 g/mol. The van der Waals surface area contributed by atoms with E-state index in [0.29, 0.717) is 0 Å². The van der Waals surface area contributed by atoms with Crippen molar-refractivity contribution in [1.82, 2.24) is 5.01 Å². The van der Waals surface area contributed by atoms with Gasteiger partial charge in [0, 0.05) is 12.1 Å². The van der Waals surface area contributed by atoms with Gasteiger partial charge in [0.05, 0.1) is 7.11 Å². The molecule has 0 spiro atoms. The molecule has 0 bridgehead atoms. The summed E-state index contributed by atoms with van der Waals surface area (Å²) < 4.78 is 42.4. The van der Waals surface area contributed by atoms with E-state index in [-0.39, 0.29) is 16.6 Å². The SMILES string of the molecule is COC(=O)N1N=C(C(C)C)C[C@]1(O)C(F)(F)F. The van der Waals surface area contributed by atoms with Crippen molar-refractivity contribution in [2.45, 2.75) is 32.2 Å². The van der Waals surface area contributed by atoms with Gasteiger partial charge in [0.2, 0.25) is 0 Å². The summed E-state index contributed by atoms with van der Waals surface area (Å²) in [4.78, 5) is 11.2. The van der Waals surface area contributed by atoms with Crippen molar-refractivity contribution in [3.05, 3.63) is 0 Å². The third kappa shape index (κ3) is 2.21. The lowest BCUT2D eigenvalue weighted by Gasteiger charge is -2.31. The van der Waals surface area contributed by atoms with Crippen LogP contribution in [0.15, 0.2) is 5.10 Å². The van der Waals surface area contributed by atoms with Gasteiger partial charge in [0.1, 0.15) is 0 Å². The molecule has 1 aliphatic rings. The van der Waals surface area contributed by atoms with E-state index in [1.165, 1.54) is 0 Å². The number of amides is 1. The smallest absolute Gasteiger partial charge is 0.439 e. The summed E-state index contributed by atoms with van der Waals surface area (Å²) in [6.07, 6.45) is -7.11. The largest absolute Gasteiger partial charge is 0.451 e. The van der Waals surface area contributed by atoms with E-state index in [9.17, 15) is 23.1 Å². The van der Waals surface area contributed by atoms with Gasteiger partial charge >= 0.3 is 12.3 Å². The molecule has 0 fully saturated rings. The molecule has 1 heterocycles. The second-order valence-electron chi connectivity index (χ2n) is 4.02. The number of alkyl halides is 3. The lowest BCUT2D eigenvalue weighted by Crippen LogP contribution is -2.56. The molecule has 8 heteroatoms. The number of carbonyl (C=O) groups is 1. The average Bonchev–Trinajstić information content (AvgIpc) is 2.56. The maximum Gasteiger partial charge on any atom is 0.439 e. The molecule has 0 unspecified atom stereocenters. The summed E-state index contributed by atoms with van der Waals surface area (Å²) in [6.45, 7) is 3.24.